The van der Waals surface area contributed by atoms with Crippen LogP contribution in [0.2, 0.25) is 0 Å². The molecule has 0 aliphatic carbocycles. The van der Waals surface area contributed by atoms with E-state index in [0.717, 1.165) is 30.1 Å². The zero-order chi connectivity index (χ0) is 16.8. The van der Waals surface area contributed by atoms with Gasteiger partial charge in [-0.1, -0.05) is 12.1 Å². The van der Waals surface area contributed by atoms with Crippen LogP contribution >= 0.6 is 22.7 Å². The van der Waals surface area contributed by atoms with Crippen molar-refractivity contribution in [2.24, 2.45) is 5.92 Å². The number of nitrogens with zero attached hydrogens (tertiary/aromatic N) is 1. The standard InChI is InChI=1S/C20H20N2OS2/c23-20-17(19-4-2-8-25-19)5-6-18-15-9-14(11-22(18)20)10-21(12-15)13-16-3-1-7-24-16/h1-8,14-15H,9-13H2/p+1/t14-,15+/m0/s1. The fraction of sp³-hybridized carbons (Fsp3) is 0.350. The van der Waals surface area contributed by atoms with Gasteiger partial charge in [-0.05, 0) is 41.4 Å². The SMILES string of the molecule is O=c1c(-c2cccs2)ccc2n1C[C@H]1C[C@@H]2C[NH+](Cc2cccs2)C1. The number of thiophene rings is 2. The zero-order valence-corrected chi connectivity index (χ0v) is 15.6. The van der Waals surface area contributed by atoms with E-state index in [1.54, 1.807) is 16.2 Å². The molecule has 0 radical (unpaired) electrons. The Kier molecular flexibility index (Phi) is 3.88. The minimum Gasteiger partial charge on any atom is -0.330 e. The molecule has 1 N–H and O–H groups in total. The molecule has 3 aromatic rings. The number of pyridine rings is 1. The third-order valence-corrected chi connectivity index (χ3v) is 7.37. The molecule has 0 saturated carbocycles. The first kappa shape index (κ1) is 15.6. The first-order valence-corrected chi connectivity index (χ1v) is 10.7. The van der Waals surface area contributed by atoms with Crippen molar-refractivity contribution in [3.8, 4) is 10.4 Å². The van der Waals surface area contributed by atoms with Crippen molar-refractivity contribution in [1.29, 1.82) is 0 Å². The van der Waals surface area contributed by atoms with Crippen molar-refractivity contribution in [2.45, 2.75) is 25.4 Å². The van der Waals surface area contributed by atoms with Gasteiger partial charge in [-0.25, -0.2) is 0 Å². The Morgan fingerprint density at radius 1 is 1.08 bits per heavy atom. The fourth-order valence-electron chi connectivity index (χ4n) is 4.59. The number of likely N-dealkylation sites (tertiary alicyclic amines) is 1. The van der Waals surface area contributed by atoms with Gasteiger partial charge in [-0.2, -0.15) is 0 Å². The van der Waals surface area contributed by atoms with Crippen molar-refractivity contribution in [1.82, 2.24) is 4.57 Å². The summed E-state index contributed by atoms with van der Waals surface area (Å²) in [4.78, 5) is 17.3. The van der Waals surface area contributed by atoms with Gasteiger partial charge in [-0.15, -0.1) is 22.7 Å². The van der Waals surface area contributed by atoms with E-state index >= 15 is 0 Å². The molecule has 0 aromatic carbocycles. The van der Waals surface area contributed by atoms with Gasteiger partial charge >= 0.3 is 0 Å². The van der Waals surface area contributed by atoms with E-state index in [1.165, 1.54) is 23.5 Å². The van der Waals surface area contributed by atoms with Crippen molar-refractivity contribution < 1.29 is 4.90 Å². The molecule has 3 atom stereocenters. The molecule has 0 spiro atoms. The highest BCUT2D eigenvalue weighted by Gasteiger charge is 2.37. The van der Waals surface area contributed by atoms with Crippen molar-refractivity contribution >= 4 is 22.7 Å². The normalized spacial score (nSPS) is 24.9. The number of quaternary nitrogens is 1. The van der Waals surface area contributed by atoms with Crippen LogP contribution in [0.25, 0.3) is 10.4 Å². The van der Waals surface area contributed by atoms with E-state index in [1.807, 2.05) is 34.9 Å². The summed E-state index contributed by atoms with van der Waals surface area (Å²) in [6.07, 6.45) is 1.24. The van der Waals surface area contributed by atoms with Gasteiger partial charge in [-0.3, -0.25) is 4.79 Å². The zero-order valence-electron chi connectivity index (χ0n) is 14.0. The first-order chi connectivity index (χ1) is 12.3. The Morgan fingerprint density at radius 2 is 1.96 bits per heavy atom. The molecule has 5 heterocycles. The van der Waals surface area contributed by atoms with Gasteiger partial charge in [0.25, 0.3) is 5.56 Å². The van der Waals surface area contributed by atoms with Gasteiger partial charge in [0.1, 0.15) is 6.54 Å². The maximum atomic E-state index is 13.0. The highest BCUT2D eigenvalue weighted by Crippen LogP contribution is 2.32. The summed E-state index contributed by atoms with van der Waals surface area (Å²) in [5, 5.41) is 4.21. The molecule has 3 aromatic heterocycles. The van der Waals surface area contributed by atoms with Crippen LogP contribution in [-0.4, -0.2) is 17.7 Å². The van der Waals surface area contributed by atoms with E-state index in [9.17, 15) is 4.79 Å². The Hall–Kier alpha value is -1.69. The third-order valence-electron chi connectivity index (χ3n) is 5.59. The highest BCUT2D eigenvalue weighted by atomic mass is 32.1. The fourth-order valence-corrected chi connectivity index (χ4v) is 6.11. The minimum atomic E-state index is 0.205. The lowest BCUT2D eigenvalue weighted by Crippen LogP contribution is -3.13. The first-order valence-electron chi connectivity index (χ1n) is 8.91. The minimum absolute atomic E-state index is 0.205. The molecule has 3 nitrogen and oxygen atoms in total. The molecule has 1 unspecified atom stereocenters. The number of hydrogen-bond acceptors (Lipinski definition) is 3. The second-order valence-electron chi connectivity index (χ2n) is 7.28. The number of rotatable bonds is 3. The molecule has 0 amide bonds. The molecule has 2 bridgehead atoms. The van der Waals surface area contributed by atoms with E-state index < -0.39 is 0 Å². The van der Waals surface area contributed by atoms with Crippen molar-refractivity contribution in [2.75, 3.05) is 13.1 Å². The second-order valence-corrected chi connectivity index (χ2v) is 9.26. The lowest BCUT2D eigenvalue weighted by molar-refractivity contribution is -0.924. The molecule has 1 saturated heterocycles. The lowest BCUT2D eigenvalue weighted by atomic mass is 9.83. The number of aromatic nitrogens is 1. The predicted octanol–water partition coefficient (Wildman–Crippen LogP) is 2.84. The molecular weight excluding hydrogens is 348 g/mol. The molecule has 2 aliphatic rings. The molecule has 25 heavy (non-hydrogen) atoms. The molecule has 1 fully saturated rings. The van der Waals surface area contributed by atoms with E-state index in [4.69, 9.17) is 0 Å². The number of nitrogens with one attached hydrogen (secondary N) is 1. The van der Waals surface area contributed by atoms with Crippen LogP contribution in [-0.2, 0) is 13.1 Å². The summed E-state index contributed by atoms with van der Waals surface area (Å²) in [5.41, 5.74) is 2.32. The summed E-state index contributed by atoms with van der Waals surface area (Å²) in [5.74, 6) is 1.14. The van der Waals surface area contributed by atoms with Crippen molar-refractivity contribution in [3.63, 3.8) is 0 Å². The Morgan fingerprint density at radius 3 is 2.76 bits per heavy atom. The maximum absolute atomic E-state index is 13.0. The van der Waals surface area contributed by atoms with E-state index in [0.29, 0.717) is 11.8 Å². The molecule has 128 valence electrons. The van der Waals surface area contributed by atoms with Crippen LogP contribution in [0.15, 0.2) is 52.0 Å². The second kappa shape index (κ2) is 6.24. The summed E-state index contributed by atoms with van der Waals surface area (Å²) in [6, 6.07) is 12.7. The number of fused-ring (bicyclic) bond motifs is 4. The van der Waals surface area contributed by atoms with E-state index in [2.05, 4.69) is 28.1 Å². The van der Waals surface area contributed by atoms with Gasteiger partial charge in [0.05, 0.1) is 23.5 Å². The number of piperidine rings is 1. The average molecular weight is 370 g/mol. The topological polar surface area (TPSA) is 26.4 Å². The smallest absolute Gasteiger partial charge is 0.259 e. The molecule has 5 heteroatoms. The van der Waals surface area contributed by atoms with Gasteiger partial charge in [0.2, 0.25) is 0 Å². The molecule has 5 rings (SSSR count). The highest BCUT2D eigenvalue weighted by molar-refractivity contribution is 7.13. The Labute approximate surface area is 155 Å². The van der Waals surface area contributed by atoms with Crippen LogP contribution in [0.4, 0.5) is 0 Å². The summed E-state index contributed by atoms with van der Waals surface area (Å²) >= 11 is 3.51. The van der Waals surface area contributed by atoms with Gasteiger partial charge in [0, 0.05) is 29.0 Å². The third kappa shape index (κ3) is 2.80. The lowest BCUT2D eigenvalue weighted by Gasteiger charge is -2.40. The predicted molar refractivity (Wildman–Crippen MR) is 104 cm³/mol. The number of hydrogen-bond donors (Lipinski definition) is 1. The molecular formula is C20H21N2OS2+. The average Bonchev–Trinajstić information content (AvgIpc) is 3.29. The summed E-state index contributed by atoms with van der Waals surface area (Å²) in [7, 11) is 0. The van der Waals surface area contributed by atoms with Crippen LogP contribution < -0.4 is 10.5 Å². The van der Waals surface area contributed by atoms with Crippen LogP contribution in [0.5, 0.6) is 0 Å². The maximum Gasteiger partial charge on any atom is 0.259 e. The Balaban J connectivity index is 1.46. The van der Waals surface area contributed by atoms with Crippen molar-refractivity contribution in [3.05, 3.63) is 68.1 Å². The Bertz CT molecular complexity index is 927. The van der Waals surface area contributed by atoms with Gasteiger partial charge in [0.15, 0.2) is 0 Å². The summed E-state index contributed by atoms with van der Waals surface area (Å²) < 4.78 is 2.08. The largest absolute Gasteiger partial charge is 0.330 e. The van der Waals surface area contributed by atoms with Crippen LogP contribution in [0.1, 0.15) is 22.9 Å². The molecule has 2 aliphatic heterocycles. The van der Waals surface area contributed by atoms with Crippen LogP contribution in [0.3, 0.4) is 0 Å². The quantitative estimate of drug-likeness (QED) is 0.755. The van der Waals surface area contributed by atoms with Gasteiger partial charge < -0.3 is 9.47 Å². The summed E-state index contributed by atoms with van der Waals surface area (Å²) in [6.45, 7) is 4.34. The monoisotopic (exact) mass is 369 g/mol. The van der Waals surface area contributed by atoms with E-state index in [-0.39, 0.29) is 5.56 Å². The van der Waals surface area contributed by atoms with Crippen LogP contribution in [0, 0.1) is 5.92 Å².